The third kappa shape index (κ3) is 4.90. The first-order valence-corrected chi connectivity index (χ1v) is 11.0. The molecule has 0 aliphatic heterocycles. The molecule has 4 aliphatic rings. The Morgan fingerprint density at radius 2 is 1.72 bits per heavy atom. The Balaban J connectivity index is 1.74. The van der Waals surface area contributed by atoms with Crippen LogP contribution in [0.4, 0.5) is 8.78 Å². The molecule has 10 heteroatoms. The third-order valence-corrected chi connectivity index (χ3v) is 6.89. The van der Waals surface area contributed by atoms with Crippen LogP contribution in [0, 0.1) is 23.2 Å². The molecule has 0 spiro atoms. The molecule has 0 heterocycles. The number of aliphatic carboxylic acids is 1. The molecule has 8 nitrogen and oxygen atoms in total. The van der Waals surface area contributed by atoms with Gasteiger partial charge in [0.05, 0.1) is 18.6 Å². The minimum Gasteiger partial charge on any atom is -0.544 e. The van der Waals surface area contributed by atoms with Crippen LogP contribution in [-0.2, 0) is 33.3 Å². The Morgan fingerprint density at radius 3 is 2.25 bits per heavy atom. The zero-order chi connectivity index (χ0) is 23.7. The van der Waals surface area contributed by atoms with E-state index >= 15 is 0 Å². The van der Waals surface area contributed by atoms with E-state index in [4.69, 9.17) is 18.9 Å². The SMILES string of the molecule is COCCOCC(=O)OC12CC3CC(C1)CC(C(=O)OC(C(C)C)C(F)(F)C(=O)[O-])(C3)C2. The maximum absolute atomic E-state index is 14.2. The Labute approximate surface area is 185 Å². The van der Waals surface area contributed by atoms with Crippen LogP contribution in [0.2, 0.25) is 0 Å². The molecule has 0 N–H and O–H groups in total. The fraction of sp³-hybridized carbons (Fsp3) is 0.864. The molecule has 0 aromatic heterocycles. The van der Waals surface area contributed by atoms with E-state index < -0.39 is 46.9 Å². The molecule has 3 atom stereocenters. The minimum absolute atomic E-state index is 0.102. The van der Waals surface area contributed by atoms with E-state index in [-0.39, 0.29) is 31.5 Å². The average Bonchev–Trinajstić information content (AvgIpc) is 2.67. The second-order valence-electron chi connectivity index (χ2n) is 9.92. The van der Waals surface area contributed by atoms with Gasteiger partial charge in [-0.25, -0.2) is 4.79 Å². The molecule has 4 aliphatic carbocycles. The predicted molar refractivity (Wildman–Crippen MR) is 103 cm³/mol. The topological polar surface area (TPSA) is 111 Å². The fourth-order valence-corrected chi connectivity index (χ4v) is 6.09. The molecule has 0 radical (unpaired) electrons. The van der Waals surface area contributed by atoms with Crippen molar-refractivity contribution in [2.45, 2.75) is 70.0 Å². The van der Waals surface area contributed by atoms with Crippen LogP contribution in [0.5, 0.6) is 0 Å². The smallest absolute Gasteiger partial charge is 0.332 e. The first-order valence-electron chi connectivity index (χ1n) is 11.0. The van der Waals surface area contributed by atoms with E-state index in [1.54, 1.807) is 0 Å². The third-order valence-electron chi connectivity index (χ3n) is 6.89. The maximum Gasteiger partial charge on any atom is 0.332 e. The molecule has 0 aromatic rings. The van der Waals surface area contributed by atoms with Crippen molar-refractivity contribution in [1.29, 1.82) is 0 Å². The number of methoxy groups -OCH3 is 1. The zero-order valence-corrected chi connectivity index (χ0v) is 18.7. The van der Waals surface area contributed by atoms with Crippen LogP contribution in [0.1, 0.15) is 52.4 Å². The summed E-state index contributed by atoms with van der Waals surface area (Å²) in [6.07, 6.45) is 1.02. The lowest BCUT2D eigenvalue weighted by Gasteiger charge is -2.60. The van der Waals surface area contributed by atoms with E-state index in [0.717, 1.165) is 6.42 Å². The largest absolute Gasteiger partial charge is 0.544 e. The van der Waals surface area contributed by atoms with Gasteiger partial charge in [0.1, 0.15) is 18.2 Å². The summed E-state index contributed by atoms with van der Waals surface area (Å²) in [5, 5.41) is 11.0. The van der Waals surface area contributed by atoms with Gasteiger partial charge in [0.2, 0.25) is 0 Å². The number of rotatable bonds is 11. The van der Waals surface area contributed by atoms with Gasteiger partial charge in [0.25, 0.3) is 0 Å². The lowest BCUT2D eigenvalue weighted by Crippen LogP contribution is -2.61. The van der Waals surface area contributed by atoms with Gasteiger partial charge in [0, 0.05) is 13.5 Å². The van der Waals surface area contributed by atoms with Crippen LogP contribution < -0.4 is 5.11 Å². The molecule has 4 bridgehead atoms. The number of esters is 2. The molecule has 0 saturated heterocycles. The van der Waals surface area contributed by atoms with Gasteiger partial charge in [-0.3, -0.25) is 4.79 Å². The number of hydrogen-bond acceptors (Lipinski definition) is 8. The van der Waals surface area contributed by atoms with Crippen LogP contribution in [0.3, 0.4) is 0 Å². The second-order valence-corrected chi connectivity index (χ2v) is 9.92. The first-order chi connectivity index (χ1) is 14.9. The van der Waals surface area contributed by atoms with Gasteiger partial charge < -0.3 is 28.8 Å². The number of carbonyl (C=O) groups is 3. The van der Waals surface area contributed by atoms with Crippen molar-refractivity contribution in [1.82, 2.24) is 0 Å². The van der Waals surface area contributed by atoms with Crippen molar-refractivity contribution in [3.63, 3.8) is 0 Å². The van der Waals surface area contributed by atoms with Gasteiger partial charge in [-0.15, -0.1) is 0 Å². The second kappa shape index (κ2) is 9.21. The standard InChI is InChI=1S/C22H32F2O8/c1-13(2)17(22(23,24)18(26)27)31-19(28)20-7-14-6-15(8-20)10-21(9-14,12-20)32-16(25)11-30-5-4-29-3/h13-15,17H,4-12H2,1-3H3,(H,26,27)/p-1. The van der Waals surface area contributed by atoms with Gasteiger partial charge in [0.15, 0.2) is 6.10 Å². The van der Waals surface area contributed by atoms with Crippen molar-refractivity contribution in [2.75, 3.05) is 26.9 Å². The Morgan fingerprint density at radius 1 is 1.09 bits per heavy atom. The summed E-state index contributed by atoms with van der Waals surface area (Å²) in [5.41, 5.74) is -1.94. The lowest BCUT2D eigenvalue weighted by atomic mass is 9.48. The Hall–Kier alpha value is -1.81. The number of hydrogen-bond donors (Lipinski definition) is 0. The number of alkyl halides is 2. The highest BCUT2D eigenvalue weighted by Crippen LogP contribution is 2.63. The molecule has 4 fully saturated rings. The van der Waals surface area contributed by atoms with Crippen LogP contribution >= 0.6 is 0 Å². The predicted octanol–water partition coefficient (Wildman–Crippen LogP) is 1.48. The highest BCUT2D eigenvalue weighted by atomic mass is 19.3. The van der Waals surface area contributed by atoms with E-state index in [1.807, 2.05) is 0 Å². The number of halogens is 2. The van der Waals surface area contributed by atoms with Crippen molar-refractivity contribution in [3.05, 3.63) is 0 Å². The quantitative estimate of drug-likeness (QED) is 0.336. The number of carboxylic acid groups (broad SMARTS) is 1. The van der Waals surface area contributed by atoms with Crippen molar-refractivity contribution in [3.8, 4) is 0 Å². The van der Waals surface area contributed by atoms with Crippen LogP contribution in [0.15, 0.2) is 0 Å². The van der Waals surface area contributed by atoms with Crippen molar-refractivity contribution < 1.29 is 47.2 Å². The normalized spacial score (nSPS) is 32.1. The van der Waals surface area contributed by atoms with E-state index in [0.29, 0.717) is 32.3 Å². The lowest BCUT2D eigenvalue weighted by molar-refractivity contribution is -0.338. The summed E-state index contributed by atoms with van der Waals surface area (Å²) in [5.74, 6) is -9.01. The molecular formula is C22H31F2O8-. The fourth-order valence-electron chi connectivity index (χ4n) is 6.09. The molecule has 4 rings (SSSR count). The van der Waals surface area contributed by atoms with Gasteiger partial charge in [-0.2, -0.15) is 8.78 Å². The summed E-state index contributed by atoms with van der Waals surface area (Å²) in [7, 11) is 1.52. The molecule has 0 amide bonds. The molecular weight excluding hydrogens is 430 g/mol. The Kier molecular flexibility index (Phi) is 7.14. The summed E-state index contributed by atoms with van der Waals surface area (Å²) in [6.45, 7) is 3.06. The van der Waals surface area contributed by atoms with Gasteiger partial charge in [-0.05, 0) is 49.9 Å². The number of carboxylic acids is 1. The van der Waals surface area contributed by atoms with E-state index in [1.165, 1.54) is 21.0 Å². The molecule has 182 valence electrons. The summed E-state index contributed by atoms with van der Waals surface area (Å²) < 4.78 is 49.4. The molecule has 4 saturated carbocycles. The average molecular weight is 461 g/mol. The molecule has 3 unspecified atom stereocenters. The summed E-state index contributed by atoms with van der Waals surface area (Å²) in [4.78, 5) is 36.5. The van der Waals surface area contributed by atoms with Crippen molar-refractivity contribution >= 4 is 17.9 Å². The molecule has 0 aromatic carbocycles. The zero-order valence-electron chi connectivity index (χ0n) is 18.7. The number of carbonyl (C=O) groups excluding carboxylic acids is 3. The summed E-state index contributed by atoms with van der Waals surface area (Å²) >= 11 is 0. The van der Waals surface area contributed by atoms with Crippen LogP contribution in [0.25, 0.3) is 0 Å². The van der Waals surface area contributed by atoms with Crippen molar-refractivity contribution in [2.24, 2.45) is 23.2 Å². The summed E-state index contributed by atoms with van der Waals surface area (Å²) in [6, 6.07) is 0. The number of ether oxygens (including phenoxy) is 4. The monoisotopic (exact) mass is 461 g/mol. The maximum atomic E-state index is 14.2. The molecule has 32 heavy (non-hydrogen) atoms. The highest BCUT2D eigenvalue weighted by Gasteiger charge is 2.63. The van der Waals surface area contributed by atoms with Gasteiger partial charge in [-0.1, -0.05) is 13.8 Å². The highest BCUT2D eigenvalue weighted by molar-refractivity contribution is 5.80. The Bertz CT molecular complexity index is 723. The van der Waals surface area contributed by atoms with Gasteiger partial charge >= 0.3 is 17.9 Å². The first kappa shape index (κ1) is 24.8. The van der Waals surface area contributed by atoms with Crippen LogP contribution in [-0.4, -0.2) is 62.5 Å². The van der Waals surface area contributed by atoms with E-state index in [2.05, 4.69) is 0 Å². The minimum atomic E-state index is -4.31. The van der Waals surface area contributed by atoms with E-state index in [9.17, 15) is 28.3 Å².